The van der Waals surface area contributed by atoms with Crippen LogP contribution in [-0.2, 0) is 13.6 Å². The van der Waals surface area contributed by atoms with Crippen molar-refractivity contribution in [3.63, 3.8) is 0 Å². The fraction of sp³-hybridized carbons (Fsp3) is 0.467. The molecule has 1 aliphatic heterocycles. The SMILES string of the molecule is Cn1cnc(CNC2CCN(c3ccccc3)CC2)n1. The van der Waals surface area contributed by atoms with Crippen molar-refractivity contribution in [1.29, 1.82) is 0 Å². The first-order chi connectivity index (χ1) is 9.81. The second-order valence-electron chi connectivity index (χ2n) is 5.31. The largest absolute Gasteiger partial charge is 0.371 e. The quantitative estimate of drug-likeness (QED) is 0.917. The van der Waals surface area contributed by atoms with E-state index < -0.39 is 0 Å². The third kappa shape index (κ3) is 3.17. The number of hydrogen-bond donors (Lipinski definition) is 1. The average Bonchev–Trinajstić information content (AvgIpc) is 2.92. The maximum Gasteiger partial charge on any atom is 0.164 e. The lowest BCUT2D eigenvalue weighted by atomic mass is 10.0. The first-order valence-electron chi connectivity index (χ1n) is 7.19. The highest BCUT2D eigenvalue weighted by Gasteiger charge is 2.19. The molecule has 2 aromatic rings. The normalized spacial score (nSPS) is 16.6. The molecule has 2 heterocycles. The van der Waals surface area contributed by atoms with Gasteiger partial charge in [-0.25, -0.2) is 4.98 Å². The van der Waals surface area contributed by atoms with Gasteiger partial charge in [0.05, 0.1) is 6.54 Å². The minimum Gasteiger partial charge on any atom is -0.371 e. The van der Waals surface area contributed by atoms with Crippen LogP contribution in [0.15, 0.2) is 36.7 Å². The molecule has 1 N–H and O–H groups in total. The molecule has 1 aromatic carbocycles. The molecule has 5 nitrogen and oxygen atoms in total. The number of para-hydroxylation sites is 1. The van der Waals surface area contributed by atoms with E-state index in [9.17, 15) is 0 Å². The maximum absolute atomic E-state index is 4.29. The molecule has 106 valence electrons. The molecule has 1 fully saturated rings. The van der Waals surface area contributed by atoms with Crippen molar-refractivity contribution in [3.05, 3.63) is 42.5 Å². The van der Waals surface area contributed by atoms with Crippen LogP contribution in [0.5, 0.6) is 0 Å². The van der Waals surface area contributed by atoms with E-state index in [-0.39, 0.29) is 0 Å². The molecule has 1 saturated heterocycles. The van der Waals surface area contributed by atoms with Crippen LogP contribution in [0.4, 0.5) is 5.69 Å². The summed E-state index contributed by atoms with van der Waals surface area (Å²) in [6.45, 7) is 2.98. The summed E-state index contributed by atoms with van der Waals surface area (Å²) in [6, 6.07) is 11.2. The number of nitrogens with one attached hydrogen (secondary N) is 1. The monoisotopic (exact) mass is 271 g/mol. The Bertz CT molecular complexity index is 528. The average molecular weight is 271 g/mol. The van der Waals surface area contributed by atoms with Crippen LogP contribution < -0.4 is 10.2 Å². The van der Waals surface area contributed by atoms with Gasteiger partial charge in [-0.1, -0.05) is 18.2 Å². The maximum atomic E-state index is 4.29. The van der Waals surface area contributed by atoms with Gasteiger partial charge < -0.3 is 10.2 Å². The van der Waals surface area contributed by atoms with E-state index in [0.29, 0.717) is 6.04 Å². The van der Waals surface area contributed by atoms with Gasteiger partial charge in [0.25, 0.3) is 0 Å². The minimum absolute atomic E-state index is 0.568. The summed E-state index contributed by atoms with van der Waals surface area (Å²) in [6.07, 6.45) is 4.08. The summed E-state index contributed by atoms with van der Waals surface area (Å²) in [5.74, 6) is 0.873. The van der Waals surface area contributed by atoms with Crippen LogP contribution >= 0.6 is 0 Å². The van der Waals surface area contributed by atoms with Gasteiger partial charge in [0.15, 0.2) is 5.82 Å². The van der Waals surface area contributed by atoms with E-state index in [1.165, 1.54) is 18.5 Å². The van der Waals surface area contributed by atoms with Crippen molar-refractivity contribution in [1.82, 2.24) is 20.1 Å². The van der Waals surface area contributed by atoms with Crippen molar-refractivity contribution in [3.8, 4) is 0 Å². The van der Waals surface area contributed by atoms with Gasteiger partial charge in [-0.3, -0.25) is 4.68 Å². The van der Waals surface area contributed by atoms with Crippen LogP contribution in [0.3, 0.4) is 0 Å². The number of rotatable bonds is 4. The molecule has 0 aliphatic carbocycles. The van der Waals surface area contributed by atoms with Crippen molar-refractivity contribution in [2.75, 3.05) is 18.0 Å². The van der Waals surface area contributed by atoms with E-state index in [0.717, 1.165) is 25.5 Å². The van der Waals surface area contributed by atoms with Crippen LogP contribution in [-0.4, -0.2) is 33.9 Å². The standard InChI is InChI=1S/C15H21N5/c1-19-12-17-15(18-19)11-16-13-7-9-20(10-8-13)14-5-3-2-4-6-14/h2-6,12-13,16H,7-11H2,1H3. The topological polar surface area (TPSA) is 46.0 Å². The zero-order valence-corrected chi connectivity index (χ0v) is 11.9. The number of benzene rings is 1. The van der Waals surface area contributed by atoms with Gasteiger partial charge in [0, 0.05) is 31.9 Å². The highest BCUT2D eigenvalue weighted by molar-refractivity contribution is 5.46. The Hall–Kier alpha value is -1.88. The third-order valence-electron chi connectivity index (χ3n) is 3.81. The minimum atomic E-state index is 0.568. The molecule has 0 bridgehead atoms. The van der Waals surface area contributed by atoms with E-state index >= 15 is 0 Å². The van der Waals surface area contributed by atoms with Crippen LogP contribution in [0.1, 0.15) is 18.7 Å². The van der Waals surface area contributed by atoms with Gasteiger partial charge >= 0.3 is 0 Å². The number of aromatic nitrogens is 3. The fourth-order valence-corrected chi connectivity index (χ4v) is 2.68. The van der Waals surface area contributed by atoms with Crippen molar-refractivity contribution in [2.45, 2.75) is 25.4 Å². The Labute approximate surface area is 119 Å². The van der Waals surface area contributed by atoms with Crippen molar-refractivity contribution in [2.24, 2.45) is 7.05 Å². The Morgan fingerprint density at radius 2 is 1.95 bits per heavy atom. The van der Waals surface area contributed by atoms with Crippen molar-refractivity contribution < 1.29 is 0 Å². The molecule has 0 radical (unpaired) electrons. The lowest BCUT2D eigenvalue weighted by Gasteiger charge is -2.33. The molecule has 0 atom stereocenters. The smallest absolute Gasteiger partial charge is 0.164 e. The third-order valence-corrected chi connectivity index (χ3v) is 3.81. The highest BCUT2D eigenvalue weighted by Crippen LogP contribution is 2.19. The van der Waals surface area contributed by atoms with Crippen LogP contribution in [0.25, 0.3) is 0 Å². The molecule has 20 heavy (non-hydrogen) atoms. The molecular formula is C15H21N5. The number of hydrogen-bond acceptors (Lipinski definition) is 4. The first kappa shape index (κ1) is 13.1. The first-order valence-corrected chi connectivity index (χ1v) is 7.19. The van der Waals surface area contributed by atoms with E-state index in [4.69, 9.17) is 0 Å². The zero-order valence-electron chi connectivity index (χ0n) is 11.9. The molecule has 0 unspecified atom stereocenters. The van der Waals surface area contributed by atoms with Gasteiger partial charge in [0.1, 0.15) is 6.33 Å². The Kier molecular flexibility index (Phi) is 3.97. The van der Waals surface area contributed by atoms with Gasteiger partial charge in [-0.2, -0.15) is 5.10 Å². The molecule has 0 amide bonds. The molecule has 0 saturated carbocycles. The molecular weight excluding hydrogens is 250 g/mol. The van der Waals surface area contributed by atoms with Crippen LogP contribution in [0, 0.1) is 0 Å². The molecule has 3 rings (SSSR count). The summed E-state index contributed by atoms with van der Waals surface area (Å²) in [5, 5.41) is 7.85. The summed E-state index contributed by atoms with van der Waals surface area (Å²) in [7, 11) is 1.90. The van der Waals surface area contributed by atoms with Gasteiger partial charge in [0.2, 0.25) is 0 Å². The highest BCUT2D eigenvalue weighted by atomic mass is 15.3. The fourth-order valence-electron chi connectivity index (χ4n) is 2.68. The second-order valence-corrected chi connectivity index (χ2v) is 5.31. The molecule has 1 aromatic heterocycles. The number of nitrogens with zero attached hydrogens (tertiary/aromatic N) is 4. The van der Waals surface area contributed by atoms with E-state index in [2.05, 4.69) is 50.6 Å². The second kappa shape index (κ2) is 6.05. The van der Waals surface area contributed by atoms with E-state index in [1.54, 1.807) is 11.0 Å². The molecule has 0 spiro atoms. The molecule has 5 heteroatoms. The summed E-state index contributed by atoms with van der Waals surface area (Å²) >= 11 is 0. The van der Waals surface area contributed by atoms with E-state index in [1.807, 2.05) is 7.05 Å². The number of piperidine rings is 1. The lowest BCUT2D eigenvalue weighted by molar-refractivity contribution is 0.409. The Morgan fingerprint density at radius 3 is 2.60 bits per heavy atom. The predicted octanol–water partition coefficient (Wildman–Crippen LogP) is 1.57. The predicted molar refractivity (Wildman–Crippen MR) is 79.5 cm³/mol. The Balaban J connectivity index is 1.47. The lowest BCUT2D eigenvalue weighted by Crippen LogP contribution is -2.42. The summed E-state index contributed by atoms with van der Waals surface area (Å²) in [4.78, 5) is 6.70. The number of anilines is 1. The number of aryl methyl sites for hydroxylation is 1. The molecule has 1 aliphatic rings. The summed E-state index contributed by atoms with van der Waals surface area (Å²) < 4.78 is 1.75. The summed E-state index contributed by atoms with van der Waals surface area (Å²) in [5.41, 5.74) is 1.33. The van der Waals surface area contributed by atoms with Crippen LogP contribution in [0.2, 0.25) is 0 Å². The van der Waals surface area contributed by atoms with Gasteiger partial charge in [-0.15, -0.1) is 0 Å². The zero-order chi connectivity index (χ0) is 13.8. The van der Waals surface area contributed by atoms with Crippen molar-refractivity contribution >= 4 is 5.69 Å². The van der Waals surface area contributed by atoms with Gasteiger partial charge in [-0.05, 0) is 25.0 Å². The Morgan fingerprint density at radius 1 is 1.20 bits per heavy atom.